The Morgan fingerprint density at radius 2 is 2.00 bits per heavy atom. The van der Waals surface area contributed by atoms with Crippen LogP contribution in [0.15, 0.2) is 46.9 Å². The minimum Gasteiger partial charge on any atom is -0.396 e. The van der Waals surface area contributed by atoms with E-state index in [9.17, 15) is 4.79 Å². The number of hydrogen-bond donors (Lipinski definition) is 2. The maximum absolute atomic E-state index is 11.5. The zero-order chi connectivity index (χ0) is 15.1. The second-order valence-corrected chi connectivity index (χ2v) is 6.44. The molecule has 5 heteroatoms. The van der Waals surface area contributed by atoms with E-state index >= 15 is 0 Å². The first kappa shape index (κ1) is 15.9. The monoisotopic (exact) mass is 365 g/mol. The van der Waals surface area contributed by atoms with Crippen LogP contribution in [0, 0.1) is 0 Å². The summed E-state index contributed by atoms with van der Waals surface area (Å²) in [5.74, 6) is -0.137. The van der Waals surface area contributed by atoms with Crippen LogP contribution in [0.25, 0.3) is 16.5 Å². The average molecular weight is 366 g/mol. The highest BCUT2D eigenvalue weighted by atomic mass is 79.9. The molecule has 0 fully saturated rings. The van der Waals surface area contributed by atoms with Crippen molar-refractivity contribution in [1.82, 2.24) is 5.32 Å². The summed E-state index contributed by atoms with van der Waals surface area (Å²) in [6, 6.07) is 12.2. The van der Waals surface area contributed by atoms with Crippen molar-refractivity contribution in [3.05, 3.63) is 51.8 Å². The lowest BCUT2D eigenvalue weighted by atomic mass is 10.2. The van der Waals surface area contributed by atoms with Gasteiger partial charge in [0.1, 0.15) is 0 Å². The zero-order valence-electron chi connectivity index (χ0n) is 11.4. The number of amides is 1. The summed E-state index contributed by atoms with van der Waals surface area (Å²) in [5.41, 5.74) is 1.16. The van der Waals surface area contributed by atoms with E-state index in [0.717, 1.165) is 14.9 Å². The lowest BCUT2D eigenvalue weighted by Gasteiger charge is -1.98. The van der Waals surface area contributed by atoms with Crippen LogP contribution in [0.2, 0.25) is 0 Å². The molecule has 0 saturated heterocycles. The van der Waals surface area contributed by atoms with Gasteiger partial charge in [-0.25, -0.2) is 0 Å². The van der Waals surface area contributed by atoms with Crippen LogP contribution in [0.4, 0.5) is 0 Å². The second kappa shape index (κ2) is 8.12. The first-order chi connectivity index (χ1) is 10.2. The van der Waals surface area contributed by atoms with E-state index < -0.39 is 0 Å². The van der Waals surface area contributed by atoms with Crippen LogP contribution >= 0.6 is 27.3 Å². The molecule has 0 aliphatic heterocycles. The van der Waals surface area contributed by atoms with Crippen LogP contribution in [0.3, 0.4) is 0 Å². The van der Waals surface area contributed by atoms with E-state index in [4.69, 9.17) is 5.11 Å². The van der Waals surface area contributed by atoms with Gasteiger partial charge in [-0.2, -0.15) is 0 Å². The Labute approximate surface area is 136 Å². The number of carbonyl (C=O) groups is 1. The summed E-state index contributed by atoms with van der Waals surface area (Å²) in [5, 5.41) is 11.4. The van der Waals surface area contributed by atoms with Gasteiger partial charge in [0.2, 0.25) is 5.91 Å². The maximum atomic E-state index is 11.5. The van der Waals surface area contributed by atoms with Crippen LogP contribution < -0.4 is 5.32 Å². The van der Waals surface area contributed by atoms with Gasteiger partial charge in [-0.05, 0) is 42.3 Å². The third-order valence-electron chi connectivity index (χ3n) is 2.79. The lowest BCUT2D eigenvalue weighted by molar-refractivity contribution is -0.116. The second-order valence-electron chi connectivity index (χ2n) is 4.41. The molecular weight excluding hydrogens is 350 g/mol. The minimum absolute atomic E-state index is 0.0888. The number of halogens is 1. The maximum Gasteiger partial charge on any atom is 0.244 e. The van der Waals surface area contributed by atoms with Gasteiger partial charge >= 0.3 is 0 Å². The molecule has 0 aliphatic rings. The fraction of sp³-hybridized carbons (Fsp3) is 0.188. The van der Waals surface area contributed by atoms with Gasteiger partial charge in [0, 0.05) is 33.5 Å². The molecule has 1 aromatic heterocycles. The van der Waals surface area contributed by atoms with Crippen molar-refractivity contribution in [3.8, 4) is 10.4 Å². The molecule has 0 saturated carbocycles. The summed E-state index contributed by atoms with van der Waals surface area (Å²) in [6.45, 7) is 0.583. The van der Waals surface area contributed by atoms with Crippen molar-refractivity contribution >= 4 is 39.2 Å². The van der Waals surface area contributed by atoms with Gasteiger partial charge in [-0.15, -0.1) is 11.3 Å². The van der Waals surface area contributed by atoms with Crippen molar-refractivity contribution in [1.29, 1.82) is 0 Å². The Kier molecular flexibility index (Phi) is 6.17. The Balaban J connectivity index is 1.96. The van der Waals surface area contributed by atoms with E-state index in [1.807, 2.05) is 18.2 Å². The molecule has 21 heavy (non-hydrogen) atoms. The highest BCUT2D eigenvalue weighted by molar-refractivity contribution is 9.10. The molecule has 1 amide bonds. The van der Waals surface area contributed by atoms with E-state index in [1.165, 1.54) is 11.0 Å². The molecule has 0 aliphatic carbocycles. The molecule has 2 aromatic rings. The summed E-state index contributed by atoms with van der Waals surface area (Å²) in [7, 11) is 0. The van der Waals surface area contributed by atoms with Crippen molar-refractivity contribution < 1.29 is 9.90 Å². The summed E-state index contributed by atoms with van der Waals surface area (Å²) in [4.78, 5) is 13.7. The minimum atomic E-state index is -0.137. The molecule has 0 spiro atoms. The van der Waals surface area contributed by atoms with Crippen molar-refractivity contribution in [2.24, 2.45) is 0 Å². The van der Waals surface area contributed by atoms with Gasteiger partial charge in [0.25, 0.3) is 0 Å². The highest BCUT2D eigenvalue weighted by Crippen LogP contribution is 2.29. The molecule has 1 heterocycles. The standard InChI is InChI=1S/C16H16BrNO2S/c17-13-4-2-12(3-5-13)15-8-6-14(21-15)7-9-16(20)18-10-1-11-19/h2-9,19H,1,10-11H2,(H,18,20)/b9-7+. The van der Waals surface area contributed by atoms with Crippen molar-refractivity contribution in [3.63, 3.8) is 0 Å². The topological polar surface area (TPSA) is 49.3 Å². The third kappa shape index (κ3) is 5.12. The van der Waals surface area contributed by atoms with E-state index in [-0.39, 0.29) is 12.5 Å². The third-order valence-corrected chi connectivity index (χ3v) is 4.42. The van der Waals surface area contributed by atoms with E-state index in [2.05, 4.69) is 39.4 Å². The quantitative estimate of drug-likeness (QED) is 0.605. The molecule has 0 unspecified atom stereocenters. The first-order valence-electron chi connectivity index (χ1n) is 6.61. The number of hydrogen-bond acceptors (Lipinski definition) is 3. The molecule has 2 N–H and O–H groups in total. The lowest BCUT2D eigenvalue weighted by Crippen LogP contribution is -2.22. The zero-order valence-corrected chi connectivity index (χ0v) is 13.8. The molecular formula is C16H16BrNO2S. The number of benzene rings is 1. The number of aliphatic hydroxyl groups is 1. The highest BCUT2D eigenvalue weighted by Gasteiger charge is 2.01. The fourth-order valence-electron chi connectivity index (χ4n) is 1.72. The van der Waals surface area contributed by atoms with Crippen LogP contribution in [0.5, 0.6) is 0 Å². The van der Waals surface area contributed by atoms with Gasteiger partial charge in [0.05, 0.1) is 0 Å². The summed E-state index contributed by atoms with van der Waals surface area (Å²) >= 11 is 5.06. The molecule has 3 nitrogen and oxygen atoms in total. The van der Waals surface area contributed by atoms with Gasteiger partial charge < -0.3 is 10.4 Å². The predicted octanol–water partition coefficient (Wildman–Crippen LogP) is 3.69. The summed E-state index contributed by atoms with van der Waals surface area (Å²) < 4.78 is 1.06. The van der Waals surface area contributed by atoms with Gasteiger partial charge in [0.15, 0.2) is 0 Å². The number of carbonyl (C=O) groups excluding carboxylic acids is 1. The summed E-state index contributed by atoms with van der Waals surface area (Å²) in [6.07, 6.45) is 3.90. The molecule has 0 bridgehead atoms. The SMILES string of the molecule is O=C(/C=C/c1ccc(-c2ccc(Br)cc2)s1)NCCCO. The fourth-order valence-corrected chi connectivity index (χ4v) is 2.90. The Morgan fingerprint density at radius 1 is 1.24 bits per heavy atom. The molecule has 0 radical (unpaired) electrons. The number of nitrogens with one attached hydrogen (secondary N) is 1. The van der Waals surface area contributed by atoms with E-state index in [0.29, 0.717) is 13.0 Å². The predicted molar refractivity (Wildman–Crippen MR) is 91.2 cm³/mol. The number of rotatable bonds is 6. The Bertz CT molecular complexity index is 619. The molecule has 0 atom stereocenters. The largest absolute Gasteiger partial charge is 0.396 e. The van der Waals surface area contributed by atoms with Gasteiger partial charge in [-0.3, -0.25) is 4.79 Å². The van der Waals surface area contributed by atoms with Crippen LogP contribution in [0.1, 0.15) is 11.3 Å². The average Bonchev–Trinajstić information content (AvgIpc) is 2.95. The normalized spacial score (nSPS) is 11.0. The Morgan fingerprint density at radius 3 is 2.71 bits per heavy atom. The van der Waals surface area contributed by atoms with Crippen molar-refractivity contribution in [2.45, 2.75) is 6.42 Å². The molecule has 1 aromatic carbocycles. The van der Waals surface area contributed by atoms with Crippen LogP contribution in [-0.2, 0) is 4.79 Å². The molecule has 110 valence electrons. The van der Waals surface area contributed by atoms with Crippen LogP contribution in [-0.4, -0.2) is 24.2 Å². The number of thiophene rings is 1. The first-order valence-corrected chi connectivity index (χ1v) is 8.22. The molecule has 2 rings (SSSR count). The van der Waals surface area contributed by atoms with Gasteiger partial charge in [-0.1, -0.05) is 28.1 Å². The smallest absolute Gasteiger partial charge is 0.244 e. The van der Waals surface area contributed by atoms with E-state index in [1.54, 1.807) is 17.4 Å². The van der Waals surface area contributed by atoms with Crippen molar-refractivity contribution in [2.75, 3.05) is 13.2 Å². The number of aliphatic hydroxyl groups excluding tert-OH is 1. The Hall–Kier alpha value is -1.43.